The van der Waals surface area contributed by atoms with E-state index in [0.29, 0.717) is 21.9 Å². The molecule has 1 amide bonds. The highest BCUT2D eigenvalue weighted by molar-refractivity contribution is 8.00. The molecule has 1 aromatic carbocycles. The first-order valence-electron chi connectivity index (χ1n) is 9.46. The number of hydrogen-bond donors (Lipinski definition) is 1. The van der Waals surface area contributed by atoms with Gasteiger partial charge in [-0.2, -0.15) is 0 Å². The van der Waals surface area contributed by atoms with Crippen LogP contribution >= 0.6 is 23.1 Å². The van der Waals surface area contributed by atoms with Gasteiger partial charge in [0.1, 0.15) is 10.6 Å². The number of benzene rings is 1. The van der Waals surface area contributed by atoms with Crippen molar-refractivity contribution in [1.29, 1.82) is 0 Å². The van der Waals surface area contributed by atoms with Crippen LogP contribution in [0.25, 0.3) is 10.2 Å². The summed E-state index contributed by atoms with van der Waals surface area (Å²) < 4.78 is 14.7. The number of aryl methyl sites for hydroxylation is 2. The molecule has 0 fully saturated rings. The summed E-state index contributed by atoms with van der Waals surface area (Å²) in [6, 6.07) is 5.81. The summed E-state index contributed by atoms with van der Waals surface area (Å²) in [6.07, 6.45) is 0. The predicted molar refractivity (Wildman–Crippen MR) is 117 cm³/mol. The van der Waals surface area contributed by atoms with E-state index in [1.807, 2.05) is 27.7 Å². The molecule has 2 heterocycles. The van der Waals surface area contributed by atoms with Crippen molar-refractivity contribution in [1.82, 2.24) is 14.9 Å². The highest BCUT2D eigenvalue weighted by Crippen LogP contribution is 2.29. The van der Waals surface area contributed by atoms with E-state index < -0.39 is 5.25 Å². The molecule has 29 heavy (non-hydrogen) atoms. The number of hydrogen-bond acceptors (Lipinski definition) is 5. The number of carbonyl (C=O) groups is 1. The molecule has 0 radical (unpaired) electrons. The van der Waals surface area contributed by atoms with Crippen molar-refractivity contribution < 1.29 is 9.18 Å². The summed E-state index contributed by atoms with van der Waals surface area (Å²) in [7, 11) is 0. The molecule has 2 unspecified atom stereocenters. The van der Waals surface area contributed by atoms with Gasteiger partial charge in [0.05, 0.1) is 16.7 Å². The lowest BCUT2D eigenvalue weighted by atomic mass is 10.1. The molecule has 8 heteroatoms. The normalized spacial score (nSPS) is 13.4. The number of thiophene rings is 1. The fraction of sp³-hybridized carbons (Fsp3) is 0.381. The number of nitrogens with one attached hydrogen (secondary N) is 1. The number of carbonyl (C=O) groups excluding carboxylic acids is 1. The largest absolute Gasteiger partial charge is 0.349 e. The zero-order valence-electron chi connectivity index (χ0n) is 17.1. The van der Waals surface area contributed by atoms with Gasteiger partial charge in [-0.3, -0.25) is 14.2 Å². The summed E-state index contributed by atoms with van der Waals surface area (Å²) in [5, 5.41) is 3.71. The van der Waals surface area contributed by atoms with Crippen molar-refractivity contribution in [3.05, 3.63) is 56.4 Å². The average Bonchev–Trinajstić information content (AvgIpc) is 2.96. The molecule has 3 aromatic rings. The smallest absolute Gasteiger partial charge is 0.263 e. The third kappa shape index (κ3) is 4.38. The fourth-order valence-electron chi connectivity index (χ4n) is 3.05. The Labute approximate surface area is 177 Å². The van der Waals surface area contributed by atoms with Crippen molar-refractivity contribution in [2.24, 2.45) is 0 Å². The third-order valence-corrected chi connectivity index (χ3v) is 7.14. The molecule has 0 aliphatic rings. The van der Waals surface area contributed by atoms with Gasteiger partial charge in [0, 0.05) is 11.4 Å². The lowest BCUT2D eigenvalue weighted by Gasteiger charge is -2.18. The zero-order valence-corrected chi connectivity index (χ0v) is 18.7. The van der Waals surface area contributed by atoms with Crippen molar-refractivity contribution in [2.45, 2.75) is 57.6 Å². The van der Waals surface area contributed by atoms with E-state index in [9.17, 15) is 14.0 Å². The van der Waals surface area contributed by atoms with E-state index in [1.54, 1.807) is 23.6 Å². The van der Waals surface area contributed by atoms with Crippen molar-refractivity contribution in [2.75, 3.05) is 0 Å². The van der Waals surface area contributed by atoms with Crippen LogP contribution in [0.2, 0.25) is 0 Å². The molecular formula is C21H24FN3O2S2. The molecule has 0 bridgehead atoms. The number of amides is 1. The van der Waals surface area contributed by atoms with E-state index in [0.717, 1.165) is 16.0 Å². The standard InChI is InChI=1S/C21H24FN3O2S2/c1-6-25-20(27)17-11(2)13(4)28-19(17)24-21(25)29-14(5)18(26)23-12(3)15-7-9-16(22)10-8-15/h7-10,12,14H,6H2,1-5H3,(H,23,26). The van der Waals surface area contributed by atoms with Crippen molar-refractivity contribution in [3.63, 3.8) is 0 Å². The second-order valence-corrected chi connectivity index (χ2v) is 9.46. The summed E-state index contributed by atoms with van der Waals surface area (Å²) in [5.41, 5.74) is 1.74. The second-order valence-electron chi connectivity index (χ2n) is 6.95. The molecule has 2 atom stereocenters. The van der Waals surface area contributed by atoms with Gasteiger partial charge in [0.25, 0.3) is 5.56 Å². The first kappa shape index (κ1) is 21.5. The van der Waals surface area contributed by atoms with Crippen LogP contribution in [0, 0.1) is 19.7 Å². The maximum absolute atomic E-state index is 13.1. The summed E-state index contributed by atoms with van der Waals surface area (Å²) in [5.74, 6) is -0.475. The van der Waals surface area contributed by atoms with Crippen LogP contribution in [0.4, 0.5) is 4.39 Å². The third-order valence-electron chi connectivity index (χ3n) is 4.95. The molecule has 0 spiro atoms. The Kier molecular flexibility index (Phi) is 6.43. The van der Waals surface area contributed by atoms with Crippen molar-refractivity contribution >= 4 is 39.2 Å². The van der Waals surface area contributed by atoms with Crippen LogP contribution < -0.4 is 10.9 Å². The number of rotatable bonds is 6. The molecule has 154 valence electrons. The Hall–Kier alpha value is -2.19. The van der Waals surface area contributed by atoms with Gasteiger partial charge in [0.15, 0.2) is 5.16 Å². The number of aromatic nitrogens is 2. The second kappa shape index (κ2) is 8.67. The predicted octanol–water partition coefficient (Wildman–Crippen LogP) is 4.59. The summed E-state index contributed by atoms with van der Waals surface area (Å²) >= 11 is 2.77. The average molecular weight is 434 g/mol. The number of thioether (sulfide) groups is 1. The molecule has 2 aromatic heterocycles. The Bertz CT molecular complexity index is 1110. The highest BCUT2D eigenvalue weighted by atomic mass is 32.2. The van der Waals surface area contributed by atoms with Gasteiger partial charge in [-0.25, -0.2) is 9.37 Å². The summed E-state index contributed by atoms with van der Waals surface area (Å²) in [4.78, 5) is 32.1. The first-order chi connectivity index (χ1) is 13.7. The Balaban J connectivity index is 1.81. The number of nitrogens with zero attached hydrogens (tertiary/aromatic N) is 2. The number of halogens is 1. The molecule has 0 saturated carbocycles. The van der Waals surface area contributed by atoms with Crippen LogP contribution in [0.3, 0.4) is 0 Å². The molecule has 1 N–H and O–H groups in total. The SMILES string of the molecule is CCn1c(SC(C)C(=O)NC(C)c2ccc(F)cc2)nc2sc(C)c(C)c2c1=O. The molecule has 0 aliphatic heterocycles. The Morgan fingerprint density at radius 3 is 2.55 bits per heavy atom. The Morgan fingerprint density at radius 2 is 1.93 bits per heavy atom. The van der Waals surface area contributed by atoms with E-state index in [4.69, 9.17) is 0 Å². The zero-order chi connectivity index (χ0) is 21.3. The highest BCUT2D eigenvalue weighted by Gasteiger charge is 2.22. The van der Waals surface area contributed by atoms with E-state index in [2.05, 4.69) is 10.3 Å². The van der Waals surface area contributed by atoms with Gasteiger partial charge in [-0.1, -0.05) is 23.9 Å². The van der Waals surface area contributed by atoms with Crippen LogP contribution in [0.15, 0.2) is 34.2 Å². The fourth-order valence-corrected chi connectivity index (χ4v) is 5.11. The van der Waals surface area contributed by atoms with Crippen LogP contribution in [0.1, 0.15) is 42.8 Å². The van der Waals surface area contributed by atoms with E-state index in [1.165, 1.54) is 35.2 Å². The molecular weight excluding hydrogens is 409 g/mol. The van der Waals surface area contributed by atoms with Crippen molar-refractivity contribution in [3.8, 4) is 0 Å². The quantitative estimate of drug-likeness (QED) is 0.456. The monoisotopic (exact) mass is 433 g/mol. The minimum Gasteiger partial charge on any atom is -0.349 e. The maximum Gasteiger partial charge on any atom is 0.263 e. The van der Waals surface area contributed by atoms with Crippen LogP contribution in [-0.4, -0.2) is 20.7 Å². The van der Waals surface area contributed by atoms with Crippen LogP contribution in [-0.2, 0) is 11.3 Å². The van der Waals surface area contributed by atoms with Gasteiger partial charge < -0.3 is 5.32 Å². The van der Waals surface area contributed by atoms with Gasteiger partial charge in [-0.05, 0) is 57.9 Å². The van der Waals surface area contributed by atoms with E-state index in [-0.39, 0.29) is 23.3 Å². The lowest BCUT2D eigenvalue weighted by molar-refractivity contribution is -0.120. The summed E-state index contributed by atoms with van der Waals surface area (Å²) in [6.45, 7) is 9.95. The maximum atomic E-state index is 13.1. The minimum absolute atomic E-state index is 0.0610. The van der Waals surface area contributed by atoms with E-state index >= 15 is 0 Å². The minimum atomic E-state index is -0.442. The van der Waals surface area contributed by atoms with Crippen LogP contribution in [0.5, 0.6) is 0 Å². The molecule has 0 saturated heterocycles. The van der Waals surface area contributed by atoms with Gasteiger partial charge in [0.2, 0.25) is 5.91 Å². The molecule has 5 nitrogen and oxygen atoms in total. The topological polar surface area (TPSA) is 64.0 Å². The Morgan fingerprint density at radius 1 is 1.28 bits per heavy atom. The first-order valence-corrected chi connectivity index (χ1v) is 11.2. The number of fused-ring (bicyclic) bond motifs is 1. The molecule has 0 aliphatic carbocycles. The lowest BCUT2D eigenvalue weighted by Crippen LogP contribution is -2.33. The molecule has 3 rings (SSSR count). The van der Waals surface area contributed by atoms with Gasteiger partial charge >= 0.3 is 0 Å². The van der Waals surface area contributed by atoms with Gasteiger partial charge in [-0.15, -0.1) is 11.3 Å².